The Kier molecular flexibility index (Phi) is 12.7. The number of carbonyl (C=O) groups is 1. The number of halogens is 1. The molecule has 0 radical (unpaired) electrons. The molecule has 312 valence electrons. The summed E-state index contributed by atoms with van der Waals surface area (Å²) in [6, 6.07) is 24.4. The van der Waals surface area contributed by atoms with Crippen LogP contribution in [0.15, 0.2) is 95.4 Å². The molecule has 3 aliphatic rings. The first-order valence-electron chi connectivity index (χ1n) is 20.3. The van der Waals surface area contributed by atoms with Crippen molar-refractivity contribution >= 4 is 50.2 Å². The lowest BCUT2D eigenvalue weighted by atomic mass is 9.72. The van der Waals surface area contributed by atoms with Crippen molar-refractivity contribution in [2.45, 2.75) is 63.8 Å². The minimum Gasteiger partial charge on any atom is -0.456 e. The second-order valence-electron chi connectivity index (χ2n) is 16.8. The van der Waals surface area contributed by atoms with Gasteiger partial charge in [0.2, 0.25) is 0 Å². The van der Waals surface area contributed by atoms with E-state index in [1.165, 1.54) is 28.8 Å². The van der Waals surface area contributed by atoms with Gasteiger partial charge in [0.15, 0.2) is 0 Å². The van der Waals surface area contributed by atoms with Crippen LogP contribution in [-0.4, -0.2) is 88.0 Å². The van der Waals surface area contributed by atoms with E-state index in [-0.39, 0.29) is 34.1 Å². The highest BCUT2D eigenvalue weighted by Crippen LogP contribution is 2.43. The predicted octanol–water partition coefficient (Wildman–Crippen LogP) is 8.76. The SMILES string of the molecule is Cc1ccccc1Oc1cc(N2CCN(CC3=C(c4ccc(Cl)cc4)CC(C)(C)CC3)CC2)ccc1C(=O)NS(=O)(=O)c1ccc(NC2CCN(C)CC2)c([N+](=O)[O-])c1. The van der Waals surface area contributed by atoms with Gasteiger partial charge in [-0.2, -0.15) is 0 Å². The van der Waals surface area contributed by atoms with Crippen LogP contribution in [0.25, 0.3) is 5.57 Å². The Bertz CT molecular complexity index is 2330. The van der Waals surface area contributed by atoms with Gasteiger partial charge < -0.3 is 19.9 Å². The van der Waals surface area contributed by atoms with Crippen molar-refractivity contribution in [1.29, 1.82) is 0 Å². The lowest BCUT2D eigenvalue weighted by Gasteiger charge is -2.39. The molecule has 1 aliphatic carbocycles. The van der Waals surface area contributed by atoms with Crippen molar-refractivity contribution in [3.05, 3.63) is 122 Å². The van der Waals surface area contributed by atoms with Crippen LogP contribution in [0.5, 0.6) is 11.5 Å². The molecule has 2 fully saturated rings. The number of anilines is 2. The van der Waals surface area contributed by atoms with Crippen molar-refractivity contribution in [2.24, 2.45) is 5.41 Å². The Hall–Kier alpha value is -4.95. The van der Waals surface area contributed by atoms with E-state index in [4.69, 9.17) is 16.3 Å². The molecule has 59 heavy (non-hydrogen) atoms. The van der Waals surface area contributed by atoms with E-state index in [0.29, 0.717) is 5.75 Å². The van der Waals surface area contributed by atoms with Crippen LogP contribution >= 0.6 is 11.6 Å². The summed E-state index contributed by atoms with van der Waals surface area (Å²) < 4.78 is 35.8. The summed E-state index contributed by atoms with van der Waals surface area (Å²) in [6.07, 6.45) is 4.83. The highest BCUT2D eigenvalue weighted by atomic mass is 35.5. The summed E-state index contributed by atoms with van der Waals surface area (Å²) in [6.45, 7) is 12.3. The van der Waals surface area contributed by atoms with Crippen LogP contribution in [0.1, 0.15) is 67.4 Å². The van der Waals surface area contributed by atoms with E-state index in [2.05, 4.69) is 50.7 Å². The molecule has 0 saturated carbocycles. The Morgan fingerprint density at radius 2 is 1.64 bits per heavy atom. The summed E-state index contributed by atoms with van der Waals surface area (Å²) in [5.41, 5.74) is 5.92. The molecular formula is C45H53ClN6O6S. The van der Waals surface area contributed by atoms with E-state index in [0.717, 1.165) is 100 Å². The number of piperazine rings is 1. The number of para-hydroxylation sites is 1. The van der Waals surface area contributed by atoms with Crippen molar-refractivity contribution in [2.75, 3.05) is 63.1 Å². The highest BCUT2D eigenvalue weighted by molar-refractivity contribution is 7.90. The molecule has 14 heteroatoms. The lowest BCUT2D eigenvalue weighted by molar-refractivity contribution is -0.384. The average Bonchev–Trinajstić information content (AvgIpc) is 3.20. The third-order valence-electron chi connectivity index (χ3n) is 11.8. The number of allylic oxidation sites excluding steroid dienone is 1. The first-order chi connectivity index (χ1) is 28.1. The monoisotopic (exact) mass is 840 g/mol. The molecule has 7 rings (SSSR count). The number of hydrogen-bond acceptors (Lipinski definition) is 10. The first-order valence-corrected chi connectivity index (χ1v) is 22.1. The molecule has 0 atom stereocenters. The number of likely N-dealkylation sites (tertiary alicyclic amines) is 1. The van der Waals surface area contributed by atoms with E-state index in [9.17, 15) is 23.3 Å². The zero-order valence-corrected chi connectivity index (χ0v) is 35.7. The quantitative estimate of drug-likeness (QED) is 0.105. The van der Waals surface area contributed by atoms with Crippen LogP contribution in [0, 0.1) is 22.5 Å². The number of hydrogen-bond donors (Lipinski definition) is 2. The van der Waals surface area contributed by atoms with Gasteiger partial charge in [0.1, 0.15) is 17.2 Å². The third-order valence-corrected chi connectivity index (χ3v) is 13.4. The Labute approximate surface area is 352 Å². The van der Waals surface area contributed by atoms with Gasteiger partial charge in [0, 0.05) is 61.6 Å². The van der Waals surface area contributed by atoms with Crippen molar-refractivity contribution in [3.8, 4) is 11.5 Å². The number of aryl methyl sites for hydroxylation is 1. The van der Waals surface area contributed by atoms with Gasteiger partial charge >= 0.3 is 0 Å². The molecule has 1 amide bonds. The van der Waals surface area contributed by atoms with E-state index >= 15 is 0 Å². The fraction of sp³-hybridized carbons (Fsp3) is 0.400. The van der Waals surface area contributed by atoms with Gasteiger partial charge in [-0.25, -0.2) is 13.1 Å². The lowest BCUT2D eigenvalue weighted by Crippen LogP contribution is -2.47. The molecule has 0 bridgehead atoms. The maximum Gasteiger partial charge on any atom is 0.293 e. The van der Waals surface area contributed by atoms with Crippen molar-refractivity contribution in [3.63, 3.8) is 0 Å². The van der Waals surface area contributed by atoms with Crippen LogP contribution < -0.4 is 19.7 Å². The minimum atomic E-state index is -4.52. The number of rotatable bonds is 12. The number of piperidine rings is 1. The molecule has 2 aliphatic heterocycles. The summed E-state index contributed by atoms with van der Waals surface area (Å²) in [4.78, 5) is 31.9. The molecular weight excluding hydrogens is 788 g/mol. The van der Waals surface area contributed by atoms with Gasteiger partial charge in [-0.05, 0) is 124 Å². The maximum absolute atomic E-state index is 13.9. The summed E-state index contributed by atoms with van der Waals surface area (Å²) in [7, 11) is -2.49. The zero-order chi connectivity index (χ0) is 41.9. The van der Waals surface area contributed by atoms with Gasteiger partial charge in [0.05, 0.1) is 15.4 Å². The summed E-state index contributed by atoms with van der Waals surface area (Å²) in [5, 5.41) is 16.0. The van der Waals surface area contributed by atoms with Gasteiger partial charge in [-0.1, -0.05) is 61.4 Å². The molecule has 2 N–H and O–H groups in total. The number of ether oxygens (including phenoxy) is 1. The number of nitrogens with zero attached hydrogens (tertiary/aromatic N) is 4. The van der Waals surface area contributed by atoms with Crippen molar-refractivity contribution in [1.82, 2.24) is 14.5 Å². The first kappa shape index (κ1) is 42.2. The zero-order valence-electron chi connectivity index (χ0n) is 34.2. The molecule has 4 aromatic carbocycles. The highest BCUT2D eigenvalue weighted by Gasteiger charge is 2.31. The number of amides is 1. The Morgan fingerprint density at radius 1 is 0.932 bits per heavy atom. The van der Waals surface area contributed by atoms with Gasteiger partial charge in [0.25, 0.3) is 21.6 Å². The molecule has 2 saturated heterocycles. The second-order valence-corrected chi connectivity index (χ2v) is 19.0. The maximum atomic E-state index is 13.9. The summed E-state index contributed by atoms with van der Waals surface area (Å²) >= 11 is 6.23. The van der Waals surface area contributed by atoms with Crippen LogP contribution in [0.4, 0.5) is 17.1 Å². The Balaban J connectivity index is 1.08. The average molecular weight is 841 g/mol. The van der Waals surface area contributed by atoms with Gasteiger partial charge in [-0.15, -0.1) is 0 Å². The molecule has 2 heterocycles. The second kappa shape index (κ2) is 17.7. The van der Waals surface area contributed by atoms with E-state index in [1.807, 2.05) is 44.3 Å². The molecule has 12 nitrogen and oxygen atoms in total. The number of benzene rings is 4. The van der Waals surface area contributed by atoms with Crippen LogP contribution in [0.2, 0.25) is 5.02 Å². The summed E-state index contributed by atoms with van der Waals surface area (Å²) in [5.74, 6) is -0.199. The smallest absolute Gasteiger partial charge is 0.293 e. The number of nitrogens with one attached hydrogen (secondary N) is 2. The third kappa shape index (κ3) is 10.3. The molecule has 0 spiro atoms. The predicted molar refractivity (Wildman–Crippen MR) is 234 cm³/mol. The number of nitro benzene ring substituents is 1. The fourth-order valence-corrected chi connectivity index (χ4v) is 9.34. The number of sulfonamides is 1. The fourth-order valence-electron chi connectivity index (χ4n) is 8.23. The van der Waals surface area contributed by atoms with Gasteiger partial charge in [-0.3, -0.25) is 19.8 Å². The number of nitro groups is 1. The minimum absolute atomic E-state index is 0.0103. The Morgan fingerprint density at radius 3 is 2.34 bits per heavy atom. The molecule has 0 unspecified atom stereocenters. The van der Waals surface area contributed by atoms with E-state index < -0.39 is 25.7 Å². The standard InChI is InChI=1S/C45H53ClN6O6S/c1-31-7-5-6-8-42(31)58-43-27-36(51-25-23-50(24-26-51)30-33-17-20-45(2,3)29-39(33)32-9-11-34(46)12-10-32)13-15-38(43)44(53)48-59(56,57)37-14-16-40(41(28-37)52(54)55)47-35-18-21-49(4)22-19-35/h5-16,27-28,35,47H,17-26,29-30H2,1-4H3,(H,48,53). The van der Waals surface area contributed by atoms with Crippen LogP contribution in [-0.2, 0) is 10.0 Å². The normalized spacial score (nSPS) is 18.1. The van der Waals surface area contributed by atoms with Crippen molar-refractivity contribution < 1.29 is 22.9 Å². The molecule has 0 aromatic heterocycles. The van der Waals surface area contributed by atoms with E-state index in [1.54, 1.807) is 24.3 Å². The topological polar surface area (TPSA) is 137 Å². The largest absolute Gasteiger partial charge is 0.456 e. The molecule has 4 aromatic rings. The van der Waals surface area contributed by atoms with Crippen LogP contribution in [0.3, 0.4) is 0 Å². The number of carbonyl (C=O) groups excluding carboxylic acids is 1.